The molecule has 0 unspecified atom stereocenters. The first-order chi connectivity index (χ1) is 8.75. The third-order valence-corrected chi connectivity index (χ3v) is 3.31. The van der Waals surface area contributed by atoms with Gasteiger partial charge in [-0.15, -0.1) is 0 Å². The fourth-order valence-corrected chi connectivity index (χ4v) is 2.38. The third kappa shape index (κ3) is 1.91. The Hall–Kier alpha value is -1.72. The smallest absolute Gasteiger partial charge is 0.160 e. The van der Waals surface area contributed by atoms with Gasteiger partial charge in [0.2, 0.25) is 0 Å². The molecule has 1 aliphatic heterocycles. The van der Waals surface area contributed by atoms with Crippen LogP contribution < -0.4 is 16.1 Å². The summed E-state index contributed by atoms with van der Waals surface area (Å²) in [7, 11) is 0. The summed E-state index contributed by atoms with van der Waals surface area (Å²) in [6, 6.07) is 5.49. The first-order valence-corrected chi connectivity index (χ1v) is 6.18. The van der Waals surface area contributed by atoms with Gasteiger partial charge in [-0.05, 0) is 18.2 Å². The number of halogens is 1. The van der Waals surface area contributed by atoms with Gasteiger partial charge in [-0.3, -0.25) is 10.3 Å². The van der Waals surface area contributed by atoms with Crippen molar-refractivity contribution < 1.29 is 0 Å². The Bertz CT molecular complexity index is 559. The van der Waals surface area contributed by atoms with Crippen molar-refractivity contribution in [2.45, 2.75) is 0 Å². The SMILES string of the molecule is Nc1ccc(-c2nccn2N2CCNC2)c(Cl)c1. The maximum atomic E-state index is 6.23. The monoisotopic (exact) mass is 263 g/mol. The van der Waals surface area contributed by atoms with Crippen LogP contribution in [0.2, 0.25) is 5.02 Å². The van der Waals surface area contributed by atoms with Gasteiger partial charge in [-0.25, -0.2) is 9.66 Å². The standard InChI is InChI=1S/C12H14ClN5/c13-11-7-9(14)1-2-10(11)12-16-4-6-18(12)17-5-3-15-8-17/h1-2,4,6-7,15H,3,5,8,14H2. The molecule has 18 heavy (non-hydrogen) atoms. The van der Waals surface area contributed by atoms with Crippen molar-refractivity contribution >= 4 is 17.3 Å². The van der Waals surface area contributed by atoms with Crippen LogP contribution in [0.4, 0.5) is 5.69 Å². The van der Waals surface area contributed by atoms with Crippen molar-refractivity contribution in [2.24, 2.45) is 0 Å². The van der Waals surface area contributed by atoms with E-state index in [-0.39, 0.29) is 0 Å². The minimum Gasteiger partial charge on any atom is -0.399 e. The van der Waals surface area contributed by atoms with Gasteiger partial charge in [0.25, 0.3) is 0 Å². The fraction of sp³-hybridized carbons (Fsp3) is 0.250. The predicted octanol–water partition coefficient (Wildman–Crippen LogP) is 1.28. The Balaban J connectivity index is 2.03. The highest BCUT2D eigenvalue weighted by Crippen LogP contribution is 2.28. The number of anilines is 1. The summed E-state index contributed by atoms with van der Waals surface area (Å²) in [5.74, 6) is 0.837. The highest BCUT2D eigenvalue weighted by Gasteiger charge is 2.17. The first kappa shape index (κ1) is 11.4. The molecule has 0 saturated carbocycles. The summed E-state index contributed by atoms with van der Waals surface area (Å²) in [5, 5.41) is 6.08. The second-order valence-electron chi connectivity index (χ2n) is 4.22. The molecule has 0 aliphatic carbocycles. The summed E-state index contributed by atoms with van der Waals surface area (Å²) in [4.78, 5) is 4.39. The molecule has 0 amide bonds. The Morgan fingerprint density at radius 3 is 3.00 bits per heavy atom. The van der Waals surface area contributed by atoms with Gasteiger partial charge in [0, 0.05) is 36.7 Å². The molecule has 1 saturated heterocycles. The minimum atomic E-state index is 0.620. The molecular weight excluding hydrogens is 250 g/mol. The molecule has 3 N–H and O–H groups in total. The molecular formula is C12H14ClN5. The molecule has 3 rings (SSSR count). The molecule has 1 fully saturated rings. The summed E-state index contributed by atoms with van der Waals surface area (Å²) in [6.07, 6.45) is 3.72. The summed E-state index contributed by atoms with van der Waals surface area (Å²) < 4.78 is 2.03. The molecule has 0 radical (unpaired) electrons. The van der Waals surface area contributed by atoms with E-state index in [2.05, 4.69) is 15.3 Å². The van der Waals surface area contributed by atoms with Crippen LogP contribution in [0.3, 0.4) is 0 Å². The van der Waals surface area contributed by atoms with Crippen molar-refractivity contribution in [3.05, 3.63) is 35.6 Å². The van der Waals surface area contributed by atoms with Crippen LogP contribution in [0.1, 0.15) is 0 Å². The Kier molecular flexibility index (Phi) is 2.85. The number of rotatable bonds is 2. The summed E-state index contributed by atoms with van der Waals surface area (Å²) in [5.41, 5.74) is 7.26. The lowest BCUT2D eigenvalue weighted by atomic mass is 10.2. The van der Waals surface area contributed by atoms with E-state index in [1.54, 1.807) is 12.3 Å². The van der Waals surface area contributed by atoms with E-state index in [9.17, 15) is 0 Å². The molecule has 1 aromatic carbocycles. The van der Waals surface area contributed by atoms with Crippen LogP contribution >= 0.6 is 11.6 Å². The van der Waals surface area contributed by atoms with E-state index in [0.29, 0.717) is 10.7 Å². The number of nitrogens with zero attached hydrogens (tertiary/aromatic N) is 3. The number of benzene rings is 1. The number of nitrogens with two attached hydrogens (primary N) is 1. The van der Waals surface area contributed by atoms with Gasteiger partial charge in [-0.1, -0.05) is 11.6 Å². The van der Waals surface area contributed by atoms with Crippen molar-refractivity contribution in [3.63, 3.8) is 0 Å². The van der Waals surface area contributed by atoms with E-state index >= 15 is 0 Å². The van der Waals surface area contributed by atoms with Crippen LogP contribution in [-0.4, -0.2) is 29.4 Å². The lowest BCUT2D eigenvalue weighted by molar-refractivity contribution is 0.660. The maximum Gasteiger partial charge on any atom is 0.160 e. The van der Waals surface area contributed by atoms with Gasteiger partial charge in [0.1, 0.15) is 0 Å². The molecule has 0 spiro atoms. The Labute approximate surface area is 110 Å². The topological polar surface area (TPSA) is 59.1 Å². The van der Waals surface area contributed by atoms with Crippen molar-refractivity contribution in [2.75, 3.05) is 30.5 Å². The van der Waals surface area contributed by atoms with Gasteiger partial charge in [0.15, 0.2) is 5.82 Å². The predicted molar refractivity (Wildman–Crippen MR) is 73.0 cm³/mol. The second-order valence-corrected chi connectivity index (χ2v) is 4.63. The average molecular weight is 264 g/mol. The zero-order valence-electron chi connectivity index (χ0n) is 9.81. The molecule has 1 aliphatic rings. The molecule has 2 aromatic rings. The van der Waals surface area contributed by atoms with Gasteiger partial charge in [-0.2, -0.15) is 0 Å². The first-order valence-electron chi connectivity index (χ1n) is 5.80. The molecule has 1 aromatic heterocycles. The number of hydrogen-bond donors (Lipinski definition) is 2. The third-order valence-electron chi connectivity index (χ3n) is 3.00. The lowest BCUT2D eigenvalue weighted by Gasteiger charge is -2.20. The van der Waals surface area contributed by atoms with Crippen LogP contribution in [-0.2, 0) is 0 Å². The van der Waals surface area contributed by atoms with E-state index in [1.165, 1.54) is 0 Å². The molecule has 2 heterocycles. The van der Waals surface area contributed by atoms with E-state index in [4.69, 9.17) is 17.3 Å². The highest BCUT2D eigenvalue weighted by molar-refractivity contribution is 6.33. The number of aromatic nitrogens is 2. The molecule has 5 nitrogen and oxygen atoms in total. The molecule has 0 bridgehead atoms. The largest absolute Gasteiger partial charge is 0.399 e. The van der Waals surface area contributed by atoms with E-state index < -0.39 is 0 Å². The second kappa shape index (κ2) is 4.51. The minimum absolute atomic E-state index is 0.620. The zero-order valence-corrected chi connectivity index (χ0v) is 10.6. The molecule has 6 heteroatoms. The van der Waals surface area contributed by atoms with Crippen molar-refractivity contribution in [3.8, 4) is 11.4 Å². The Morgan fingerprint density at radius 2 is 2.28 bits per heavy atom. The number of nitrogens with one attached hydrogen (secondary N) is 1. The number of nitrogen functional groups attached to an aromatic ring is 1. The highest BCUT2D eigenvalue weighted by atomic mass is 35.5. The number of imidazole rings is 1. The molecule has 0 atom stereocenters. The van der Waals surface area contributed by atoms with Gasteiger partial charge < -0.3 is 5.73 Å². The van der Waals surface area contributed by atoms with Crippen LogP contribution in [0.15, 0.2) is 30.6 Å². The normalized spacial score (nSPS) is 15.3. The van der Waals surface area contributed by atoms with Crippen molar-refractivity contribution in [1.29, 1.82) is 0 Å². The summed E-state index contributed by atoms with van der Waals surface area (Å²) >= 11 is 6.23. The zero-order chi connectivity index (χ0) is 12.5. The van der Waals surface area contributed by atoms with Crippen LogP contribution in [0, 0.1) is 0 Å². The average Bonchev–Trinajstić information content (AvgIpc) is 2.98. The molecule has 94 valence electrons. The maximum absolute atomic E-state index is 6.23. The summed E-state index contributed by atoms with van der Waals surface area (Å²) in [6.45, 7) is 2.75. The van der Waals surface area contributed by atoms with Crippen LogP contribution in [0.5, 0.6) is 0 Å². The van der Waals surface area contributed by atoms with Crippen LogP contribution in [0.25, 0.3) is 11.4 Å². The van der Waals surface area contributed by atoms with E-state index in [1.807, 2.05) is 23.0 Å². The Morgan fingerprint density at radius 1 is 1.39 bits per heavy atom. The fourth-order valence-electron chi connectivity index (χ4n) is 2.11. The van der Waals surface area contributed by atoms with Gasteiger partial charge >= 0.3 is 0 Å². The quantitative estimate of drug-likeness (QED) is 0.802. The lowest BCUT2D eigenvalue weighted by Crippen LogP contribution is -2.33. The van der Waals surface area contributed by atoms with Gasteiger partial charge in [0.05, 0.1) is 11.7 Å². The van der Waals surface area contributed by atoms with Crippen molar-refractivity contribution in [1.82, 2.24) is 15.0 Å². The number of hydrogen-bond acceptors (Lipinski definition) is 4. The van der Waals surface area contributed by atoms with E-state index in [0.717, 1.165) is 31.1 Å².